The maximum Gasteiger partial charge on any atom is 0.128 e. The van der Waals surface area contributed by atoms with Gasteiger partial charge in [0.2, 0.25) is 0 Å². The number of nitrogens with two attached hydrogens (primary N) is 1. The Labute approximate surface area is 109 Å². The van der Waals surface area contributed by atoms with Gasteiger partial charge in [-0.1, -0.05) is 13.0 Å². The van der Waals surface area contributed by atoms with Crippen molar-refractivity contribution in [1.29, 1.82) is 0 Å². The van der Waals surface area contributed by atoms with E-state index in [1.807, 2.05) is 12.1 Å². The smallest absolute Gasteiger partial charge is 0.128 e. The summed E-state index contributed by atoms with van der Waals surface area (Å²) >= 11 is 0. The highest BCUT2D eigenvalue weighted by Gasteiger charge is 2.38. The molecule has 0 saturated heterocycles. The molecule has 1 saturated carbocycles. The number of rotatable bonds is 7. The molecule has 0 aliphatic heterocycles. The molecule has 0 bridgehead atoms. The summed E-state index contributed by atoms with van der Waals surface area (Å²) in [5, 5.41) is 3.55. The minimum Gasteiger partial charge on any atom is -0.383 e. The Morgan fingerprint density at radius 2 is 2.33 bits per heavy atom. The monoisotopic (exact) mass is 249 g/mol. The lowest BCUT2D eigenvalue weighted by atomic mass is 9.98. The zero-order chi connectivity index (χ0) is 13.0. The summed E-state index contributed by atoms with van der Waals surface area (Å²) in [4.78, 5) is 4.19. The second-order valence-electron chi connectivity index (χ2n) is 4.95. The summed E-state index contributed by atoms with van der Waals surface area (Å²) in [5.74, 6) is 1.26. The normalized spacial score (nSPS) is 18.6. The van der Waals surface area contributed by atoms with E-state index in [1.54, 1.807) is 13.3 Å². The van der Waals surface area contributed by atoms with Crippen molar-refractivity contribution in [1.82, 2.24) is 10.3 Å². The van der Waals surface area contributed by atoms with E-state index < -0.39 is 0 Å². The molecule has 3 N–H and O–H groups in total. The molecule has 18 heavy (non-hydrogen) atoms. The van der Waals surface area contributed by atoms with Gasteiger partial charge in [-0.2, -0.15) is 0 Å². The summed E-state index contributed by atoms with van der Waals surface area (Å²) in [6, 6.07) is 4.13. The Balaban J connectivity index is 2.20. The first-order chi connectivity index (χ1) is 8.77. The van der Waals surface area contributed by atoms with Crippen LogP contribution in [-0.2, 0) is 4.74 Å². The Morgan fingerprint density at radius 1 is 1.56 bits per heavy atom. The van der Waals surface area contributed by atoms with Gasteiger partial charge in [0.05, 0.1) is 12.1 Å². The highest BCUT2D eigenvalue weighted by Crippen LogP contribution is 2.40. The maximum absolute atomic E-state index is 6.00. The number of ether oxygens (including phenoxy) is 1. The molecule has 0 amide bonds. The van der Waals surface area contributed by atoms with Crippen molar-refractivity contribution in [2.75, 3.05) is 19.4 Å². The van der Waals surface area contributed by atoms with Gasteiger partial charge in [-0.15, -0.1) is 0 Å². The van der Waals surface area contributed by atoms with Gasteiger partial charge in [-0.3, -0.25) is 0 Å². The predicted molar refractivity (Wildman–Crippen MR) is 73.2 cm³/mol. The lowest BCUT2D eigenvalue weighted by Crippen LogP contribution is -2.35. The number of pyridine rings is 1. The molecule has 4 heteroatoms. The third kappa shape index (κ3) is 3.00. The Bertz CT molecular complexity index is 379. The first kappa shape index (κ1) is 13.3. The number of nitrogens with zero attached hydrogens (tertiary/aromatic N) is 1. The van der Waals surface area contributed by atoms with Crippen LogP contribution in [0.15, 0.2) is 18.3 Å². The highest BCUT2D eigenvalue weighted by molar-refractivity contribution is 5.41. The zero-order valence-corrected chi connectivity index (χ0v) is 11.2. The van der Waals surface area contributed by atoms with Crippen LogP contribution in [0.2, 0.25) is 0 Å². The molecule has 0 radical (unpaired) electrons. The van der Waals surface area contributed by atoms with E-state index in [-0.39, 0.29) is 12.1 Å². The van der Waals surface area contributed by atoms with Crippen molar-refractivity contribution in [3.63, 3.8) is 0 Å². The van der Waals surface area contributed by atoms with Crippen LogP contribution in [0.25, 0.3) is 0 Å². The third-order valence-electron chi connectivity index (χ3n) is 3.51. The molecule has 2 rings (SSSR count). The fourth-order valence-corrected chi connectivity index (χ4v) is 2.42. The summed E-state index contributed by atoms with van der Waals surface area (Å²) < 4.78 is 5.70. The summed E-state index contributed by atoms with van der Waals surface area (Å²) in [5.41, 5.74) is 7.06. The van der Waals surface area contributed by atoms with Crippen molar-refractivity contribution in [2.45, 2.75) is 38.3 Å². The molecular formula is C14H23N3O. The SMILES string of the molecule is CCCNC(c1cccnc1N)C(OC)C1CC1. The number of aromatic nitrogens is 1. The molecule has 4 nitrogen and oxygen atoms in total. The van der Waals surface area contributed by atoms with Crippen molar-refractivity contribution in [3.05, 3.63) is 23.9 Å². The standard InChI is InChI=1S/C14H23N3O/c1-3-8-16-12(13(18-2)10-6-7-10)11-5-4-9-17-14(11)15/h4-5,9-10,12-13,16H,3,6-8H2,1-2H3,(H2,15,17). The van der Waals surface area contributed by atoms with Crippen LogP contribution in [0.5, 0.6) is 0 Å². The summed E-state index contributed by atoms with van der Waals surface area (Å²) in [6.45, 7) is 3.13. The molecule has 1 aliphatic rings. The third-order valence-corrected chi connectivity index (χ3v) is 3.51. The average Bonchev–Trinajstić information content (AvgIpc) is 3.20. The molecule has 2 atom stereocenters. The molecule has 0 aromatic carbocycles. The Hall–Kier alpha value is -1.13. The van der Waals surface area contributed by atoms with E-state index in [0.29, 0.717) is 11.7 Å². The van der Waals surface area contributed by atoms with Gasteiger partial charge < -0.3 is 15.8 Å². The van der Waals surface area contributed by atoms with Gasteiger partial charge in [0.15, 0.2) is 0 Å². The van der Waals surface area contributed by atoms with E-state index in [9.17, 15) is 0 Å². The van der Waals surface area contributed by atoms with Crippen molar-refractivity contribution in [3.8, 4) is 0 Å². The van der Waals surface area contributed by atoms with Crippen LogP contribution in [0.3, 0.4) is 0 Å². The molecule has 1 heterocycles. The lowest BCUT2D eigenvalue weighted by molar-refractivity contribution is 0.0508. The first-order valence-electron chi connectivity index (χ1n) is 6.74. The van der Waals surface area contributed by atoms with Crippen LogP contribution < -0.4 is 11.1 Å². The molecule has 100 valence electrons. The van der Waals surface area contributed by atoms with E-state index in [0.717, 1.165) is 18.5 Å². The molecule has 1 aromatic rings. The number of hydrogen-bond acceptors (Lipinski definition) is 4. The minimum atomic E-state index is 0.149. The second kappa shape index (κ2) is 6.16. The van der Waals surface area contributed by atoms with Crippen LogP contribution in [0.1, 0.15) is 37.8 Å². The molecule has 2 unspecified atom stereocenters. The number of methoxy groups -OCH3 is 1. The van der Waals surface area contributed by atoms with Gasteiger partial charge >= 0.3 is 0 Å². The van der Waals surface area contributed by atoms with Crippen molar-refractivity contribution < 1.29 is 4.74 Å². The Kier molecular flexibility index (Phi) is 4.55. The number of nitrogens with one attached hydrogen (secondary N) is 1. The zero-order valence-electron chi connectivity index (χ0n) is 11.2. The van der Waals surface area contributed by atoms with Gasteiger partial charge in [0, 0.05) is 18.9 Å². The molecule has 1 fully saturated rings. The lowest BCUT2D eigenvalue weighted by Gasteiger charge is -2.28. The van der Waals surface area contributed by atoms with Crippen molar-refractivity contribution >= 4 is 5.82 Å². The van der Waals surface area contributed by atoms with E-state index >= 15 is 0 Å². The minimum absolute atomic E-state index is 0.149. The number of anilines is 1. The molecular weight excluding hydrogens is 226 g/mol. The number of hydrogen-bond donors (Lipinski definition) is 2. The summed E-state index contributed by atoms with van der Waals surface area (Å²) in [7, 11) is 1.79. The average molecular weight is 249 g/mol. The topological polar surface area (TPSA) is 60.2 Å². The largest absolute Gasteiger partial charge is 0.383 e. The van der Waals surface area contributed by atoms with Crippen LogP contribution in [0, 0.1) is 5.92 Å². The van der Waals surface area contributed by atoms with Gasteiger partial charge in [0.1, 0.15) is 5.82 Å². The van der Waals surface area contributed by atoms with E-state index in [2.05, 4.69) is 17.2 Å². The maximum atomic E-state index is 6.00. The fraction of sp³-hybridized carbons (Fsp3) is 0.643. The van der Waals surface area contributed by atoms with E-state index in [1.165, 1.54) is 12.8 Å². The first-order valence-corrected chi connectivity index (χ1v) is 6.74. The van der Waals surface area contributed by atoms with E-state index in [4.69, 9.17) is 10.5 Å². The van der Waals surface area contributed by atoms with Crippen LogP contribution >= 0.6 is 0 Å². The summed E-state index contributed by atoms with van der Waals surface area (Å²) in [6.07, 6.45) is 5.53. The van der Waals surface area contributed by atoms with Gasteiger partial charge in [-0.25, -0.2) is 4.98 Å². The molecule has 1 aliphatic carbocycles. The predicted octanol–water partition coefficient (Wildman–Crippen LogP) is 2.13. The molecule has 0 spiro atoms. The number of nitrogen functional groups attached to an aromatic ring is 1. The quantitative estimate of drug-likeness (QED) is 0.777. The Morgan fingerprint density at radius 3 is 2.89 bits per heavy atom. The van der Waals surface area contributed by atoms with Crippen molar-refractivity contribution in [2.24, 2.45) is 5.92 Å². The fourth-order valence-electron chi connectivity index (χ4n) is 2.42. The highest BCUT2D eigenvalue weighted by atomic mass is 16.5. The van der Waals surface area contributed by atoms with Gasteiger partial charge in [0.25, 0.3) is 0 Å². The van der Waals surface area contributed by atoms with Crippen LogP contribution in [-0.4, -0.2) is 24.7 Å². The van der Waals surface area contributed by atoms with Gasteiger partial charge in [-0.05, 0) is 37.8 Å². The molecule has 1 aromatic heterocycles. The van der Waals surface area contributed by atoms with Crippen LogP contribution in [0.4, 0.5) is 5.82 Å². The second-order valence-corrected chi connectivity index (χ2v) is 4.95.